The molecule has 6 heteroatoms. The maximum Gasteiger partial charge on any atom is 0.253 e. The zero-order chi connectivity index (χ0) is 22.2. The Balaban J connectivity index is 1.57. The number of ether oxygens (including phenoxy) is 3. The Kier molecular flexibility index (Phi) is 8.04. The second kappa shape index (κ2) is 10.9. The van der Waals surface area contributed by atoms with E-state index in [9.17, 15) is 4.79 Å². The summed E-state index contributed by atoms with van der Waals surface area (Å²) in [7, 11) is 5.33. The van der Waals surface area contributed by atoms with Crippen LogP contribution in [0.2, 0.25) is 0 Å². The number of nitrogens with zero attached hydrogens (tertiary/aromatic N) is 2. The van der Waals surface area contributed by atoms with Gasteiger partial charge >= 0.3 is 0 Å². The fraction of sp³-hybridized carbons (Fsp3) is 0.480. The van der Waals surface area contributed by atoms with Crippen molar-refractivity contribution in [3.8, 4) is 17.2 Å². The smallest absolute Gasteiger partial charge is 0.253 e. The normalized spacial score (nSPS) is 14.3. The van der Waals surface area contributed by atoms with Crippen molar-refractivity contribution in [1.29, 1.82) is 0 Å². The molecule has 3 rings (SSSR count). The van der Waals surface area contributed by atoms with Crippen LogP contribution in [-0.2, 0) is 0 Å². The second-order valence-electron chi connectivity index (χ2n) is 7.92. The topological polar surface area (TPSA) is 51.2 Å². The molecule has 1 aliphatic rings. The van der Waals surface area contributed by atoms with Crippen LogP contribution in [0.5, 0.6) is 17.2 Å². The first-order valence-electron chi connectivity index (χ1n) is 11.1. The predicted octanol–water partition coefficient (Wildman–Crippen LogP) is 4.62. The summed E-state index contributed by atoms with van der Waals surface area (Å²) in [5.74, 6) is 2.01. The standard InChI is InChI=1S/C25H34N2O4/c1-5-6-16-26(2)20-12-10-19(11-13-20)25(28)27-17-14-21(15-18-27)31-24-22(29-3)8-7-9-23(24)30-4/h7-13,21H,5-6,14-18H2,1-4H3. The zero-order valence-electron chi connectivity index (χ0n) is 19.1. The lowest BCUT2D eigenvalue weighted by Gasteiger charge is -2.32. The van der Waals surface area contributed by atoms with Crippen molar-refractivity contribution >= 4 is 11.6 Å². The van der Waals surface area contributed by atoms with E-state index in [2.05, 4.69) is 18.9 Å². The highest BCUT2D eigenvalue weighted by atomic mass is 16.5. The number of unbranched alkanes of at least 4 members (excludes halogenated alkanes) is 1. The fourth-order valence-corrected chi connectivity index (χ4v) is 3.84. The van der Waals surface area contributed by atoms with E-state index >= 15 is 0 Å². The molecule has 1 aliphatic heterocycles. The van der Waals surface area contributed by atoms with Gasteiger partial charge in [0.15, 0.2) is 11.5 Å². The van der Waals surface area contributed by atoms with Crippen LogP contribution in [0.25, 0.3) is 0 Å². The summed E-state index contributed by atoms with van der Waals surface area (Å²) in [6.07, 6.45) is 3.89. The number of carbonyl (C=O) groups excluding carboxylic acids is 1. The molecule has 6 nitrogen and oxygen atoms in total. The molecule has 1 amide bonds. The number of amides is 1. The van der Waals surface area contributed by atoms with Crippen molar-refractivity contribution < 1.29 is 19.0 Å². The minimum Gasteiger partial charge on any atom is -0.493 e. The number of hydrogen-bond acceptors (Lipinski definition) is 5. The summed E-state index contributed by atoms with van der Waals surface area (Å²) in [5.41, 5.74) is 1.88. The molecule has 0 aromatic heterocycles. The highest BCUT2D eigenvalue weighted by Gasteiger charge is 2.26. The first-order valence-corrected chi connectivity index (χ1v) is 11.1. The maximum absolute atomic E-state index is 13.0. The number of piperidine rings is 1. The minimum absolute atomic E-state index is 0.0174. The Bertz CT molecular complexity index is 823. The van der Waals surface area contributed by atoms with Gasteiger partial charge in [-0.05, 0) is 42.8 Å². The van der Waals surface area contributed by atoms with Gasteiger partial charge in [0, 0.05) is 50.8 Å². The van der Waals surface area contributed by atoms with Crippen molar-refractivity contribution in [3.05, 3.63) is 48.0 Å². The molecule has 1 saturated heterocycles. The molecule has 0 saturated carbocycles. The number of likely N-dealkylation sites (tertiary alicyclic amines) is 1. The van der Waals surface area contributed by atoms with E-state index in [0.717, 1.165) is 37.1 Å². The highest BCUT2D eigenvalue weighted by Crippen LogP contribution is 2.38. The molecule has 2 aromatic rings. The number of hydrogen-bond donors (Lipinski definition) is 0. The zero-order valence-corrected chi connectivity index (χ0v) is 19.1. The van der Waals surface area contributed by atoms with E-state index < -0.39 is 0 Å². The van der Waals surface area contributed by atoms with Gasteiger partial charge in [0.05, 0.1) is 14.2 Å². The van der Waals surface area contributed by atoms with Crippen molar-refractivity contribution in [1.82, 2.24) is 4.90 Å². The lowest BCUT2D eigenvalue weighted by Crippen LogP contribution is -2.41. The molecule has 1 fully saturated rings. The van der Waals surface area contributed by atoms with Crippen LogP contribution >= 0.6 is 0 Å². The van der Waals surface area contributed by atoms with Crippen LogP contribution in [0.1, 0.15) is 43.0 Å². The van der Waals surface area contributed by atoms with Gasteiger partial charge in [0.2, 0.25) is 5.75 Å². The number of methoxy groups -OCH3 is 2. The summed E-state index contributed by atoms with van der Waals surface area (Å²) in [5, 5.41) is 0. The lowest BCUT2D eigenvalue weighted by atomic mass is 10.1. The SMILES string of the molecule is CCCCN(C)c1ccc(C(=O)N2CCC(Oc3c(OC)cccc3OC)CC2)cc1. The number of rotatable bonds is 9. The highest BCUT2D eigenvalue weighted by molar-refractivity contribution is 5.94. The number of benzene rings is 2. The summed E-state index contributed by atoms with van der Waals surface area (Å²) in [6.45, 7) is 4.54. The molecule has 0 spiro atoms. The van der Waals surface area contributed by atoms with E-state index in [1.807, 2.05) is 47.4 Å². The number of carbonyl (C=O) groups is 1. The molecule has 0 radical (unpaired) electrons. The third-order valence-corrected chi connectivity index (χ3v) is 5.80. The van der Waals surface area contributed by atoms with Crippen LogP contribution in [0.15, 0.2) is 42.5 Å². The van der Waals surface area contributed by atoms with E-state index in [0.29, 0.717) is 30.3 Å². The molecule has 1 heterocycles. The van der Waals surface area contributed by atoms with E-state index in [1.165, 1.54) is 6.42 Å². The van der Waals surface area contributed by atoms with Crippen molar-refractivity contribution in [2.24, 2.45) is 0 Å². The average molecular weight is 427 g/mol. The van der Waals surface area contributed by atoms with Gasteiger partial charge in [-0.1, -0.05) is 19.4 Å². The summed E-state index contributed by atoms with van der Waals surface area (Å²) in [4.78, 5) is 17.1. The van der Waals surface area contributed by atoms with Crippen LogP contribution in [0, 0.1) is 0 Å². The molecule has 0 aliphatic carbocycles. The molecule has 0 N–H and O–H groups in total. The largest absolute Gasteiger partial charge is 0.493 e. The summed E-state index contributed by atoms with van der Waals surface area (Å²) >= 11 is 0. The van der Waals surface area contributed by atoms with Crippen molar-refractivity contribution in [2.45, 2.75) is 38.7 Å². The van der Waals surface area contributed by atoms with Crippen molar-refractivity contribution in [3.63, 3.8) is 0 Å². The van der Waals surface area contributed by atoms with E-state index in [1.54, 1.807) is 14.2 Å². The summed E-state index contributed by atoms with van der Waals surface area (Å²) < 4.78 is 17.1. The van der Waals surface area contributed by atoms with Crippen LogP contribution < -0.4 is 19.1 Å². The molecule has 0 bridgehead atoms. The van der Waals surface area contributed by atoms with Crippen LogP contribution in [0.3, 0.4) is 0 Å². The van der Waals surface area contributed by atoms with Gasteiger partial charge in [0.25, 0.3) is 5.91 Å². The molecule has 0 atom stereocenters. The molecular weight excluding hydrogens is 392 g/mol. The third-order valence-electron chi connectivity index (χ3n) is 5.80. The van der Waals surface area contributed by atoms with Crippen LogP contribution in [-0.4, -0.2) is 57.8 Å². The Hall–Kier alpha value is -2.89. The molecular formula is C25H34N2O4. The molecule has 0 unspecified atom stereocenters. The minimum atomic E-state index is 0.0174. The fourth-order valence-electron chi connectivity index (χ4n) is 3.84. The molecule has 2 aromatic carbocycles. The number of para-hydroxylation sites is 1. The molecule has 31 heavy (non-hydrogen) atoms. The monoisotopic (exact) mass is 426 g/mol. The van der Waals surface area contributed by atoms with Gasteiger partial charge in [-0.25, -0.2) is 0 Å². The third kappa shape index (κ3) is 5.63. The average Bonchev–Trinajstić information content (AvgIpc) is 2.82. The predicted molar refractivity (Wildman–Crippen MR) is 124 cm³/mol. The van der Waals surface area contributed by atoms with Crippen molar-refractivity contribution in [2.75, 3.05) is 45.8 Å². The second-order valence-corrected chi connectivity index (χ2v) is 7.92. The summed E-state index contributed by atoms with van der Waals surface area (Å²) in [6, 6.07) is 13.5. The van der Waals surface area contributed by atoms with Gasteiger partial charge in [-0.3, -0.25) is 4.79 Å². The van der Waals surface area contributed by atoms with E-state index in [-0.39, 0.29) is 12.0 Å². The first kappa shape index (κ1) is 22.8. The van der Waals surface area contributed by atoms with E-state index in [4.69, 9.17) is 14.2 Å². The Labute approximate surface area is 185 Å². The van der Waals surface area contributed by atoms with Crippen LogP contribution in [0.4, 0.5) is 5.69 Å². The number of anilines is 1. The van der Waals surface area contributed by atoms with Gasteiger partial charge < -0.3 is 24.0 Å². The molecule has 168 valence electrons. The maximum atomic E-state index is 13.0. The van der Waals surface area contributed by atoms with Gasteiger partial charge in [0.1, 0.15) is 6.10 Å². The Morgan fingerprint density at radius 3 is 2.19 bits per heavy atom. The van der Waals surface area contributed by atoms with Gasteiger partial charge in [-0.2, -0.15) is 0 Å². The first-order chi connectivity index (χ1) is 15.1. The Morgan fingerprint density at radius 1 is 1.03 bits per heavy atom. The van der Waals surface area contributed by atoms with Gasteiger partial charge in [-0.15, -0.1) is 0 Å². The quantitative estimate of drug-likeness (QED) is 0.585. The lowest BCUT2D eigenvalue weighted by molar-refractivity contribution is 0.0585. The Morgan fingerprint density at radius 2 is 1.65 bits per heavy atom.